The summed E-state index contributed by atoms with van der Waals surface area (Å²) in [5.41, 5.74) is -0.597. The van der Waals surface area contributed by atoms with Gasteiger partial charge in [-0.1, -0.05) is 6.92 Å². The third-order valence-electron chi connectivity index (χ3n) is 4.55. The molecule has 0 heterocycles. The molecule has 0 aliphatic heterocycles. The molecule has 0 saturated heterocycles. The topological polar surface area (TPSA) is 41.6 Å². The van der Waals surface area contributed by atoms with Gasteiger partial charge in [0.25, 0.3) is 0 Å². The molecule has 0 bridgehead atoms. The summed E-state index contributed by atoms with van der Waals surface area (Å²) in [6.45, 7) is 9.20. The van der Waals surface area contributed by atoms with Crippen LogP contribution in [0.4, 0.5) is 0 Å². The van der Waals surface area contributed by atoms with Gasteiger partial charge in [0.15, 0.2) is 0 Å². The first kappa shape index (κ1) is 16.4. The molecule has 0 aromatic rings. The standard InChI is InChI=1S/C15H30N2O2/c1-7-16-15(4,14(18)19-6)10-11(2)17(5)12(3)13-8-9-13/h11-13,16H,7-10H2,1-6H3. The van der Waals surface area contributed by atoms with Crippen LogP contribution in [-0.2, 0) is 9.53 Å². The van der Waals surface area contributed by atoms with Crippen LogP contribution in [0.25, 0.3) is 0 Å². The van der Waals surface area contributed by atoms with Gasteiger partial charge in [0, 0.05) is 12.1 Å². The Kier molecular flexibility index (Phi) is 5.81. The van der Waals surface area contributed by atoms with Crippen LogP contribution >= 0.6 is 0 Å². The fraction of sp³-hybridized carbons (Fsp3) is 0.933. The van der Waals surface area contributed by atoms with Gasteiger partial charge in [0.05, 0.1) is 7.11 Å². The molecule has 0 aromatic heterocycles. The van der Waals surface area contributed by atoms with Gasteiger partial charge in [0.2, 0.25) is 0 Å². The number of carbonyl (C=O) groups excluding carboxylic acids is 1. The molecule has 4 nitrogen and oxygen atoms in total. The van der Waals surface area contributed by atoms with Crippen molar-refractivity contribution in [3.05, 3.63) is 0 Å². The van der Waals surface area contributed by atoms with Crippen molar-refractivity contribution in [3.8, 4) is 0 Å². The fourth-order valence-corrected chi connectivity index (χ4v) is 2.89. The zero-order valence-corrected chi connectivity index (χ0v) is 13.3. The molecule has 1 aliphatic carbocycles. The molecule has 1 N–H and O–H groups in total. The number of hydrogen-bond donors (Lipinski definition) is 1. The highest BCUT2D eigenvalue weighted by Crippen LogP contribution is 2.35. The molecule has 1 fully saturated rings. The van der Waals surface area contributed by atoms with E-state index in [4.69, 9.17) is 4.74 Å². The quantitative estimate of drug-likeness (QED) is 0.685. The van der Waals surface area contributed by atoms with E-state index in [1.165, 1.54) is 20.0 Å². The van der Waals surface area contributed by atoms with Crippen LogP contribution in [0.5, 0.6) is 0 Å². The minimum atomic E-state index is -0.597. The molecule has 1 saturated carbocycles. The van der Waals surface area contributed by atoms with Crippen molar-refractivity contribution in [2.45, 2.75) is 64.6 Å². The molecule has 4 heteroatoms. The first-order valence-electron chi connectivity index (χ1n) is 7.41. The number of rotatable bonds is 8. The van der Waals surface area contributed by atoms with Crippen LogP contribution in [0, 0.1) is 5.92 Å². The average Bonchev–Trinajstić information content (AvgIpc) is 3.20. The summed E-state index contributed by atoms with van der Waals surface area (Å²) in [5.74, 6) is 0.671. The highest BCUT2D eigenvalue weighted by molar-refractivity contribution is 5.80. The van der Waals surface area contributed by atoms with E-state index in [2.05, 4.69) is 31.1 Å². The minimum Gasteiger partial charge on any atom is -0.468 e. The number of esters is 1. The number of ether oxygens (including phenoxy) is 1. The zero-order valence-electron chi connectivity index (χ0n) is 13.3. The maximum atomic E-state index is 12.0. The predicted octanol–water partition coefficient (Wildman–Crippen LogP) is 2.04. The number of carbonyl (C=O) groups is 1. The van der Waals surface area contributed by atoms with E-state index in [1.807, 2.05) is 13.8 Å². The molecule has 1 aliphatic rings. The summed E-state index contributed by atoms with van der Waals surface area (Å²) in [5, 5.41) is 3.28. The molecule has 0 aromatic carbocycles. The van der Waals surface area contributed by atoms with Gasteiger partial charge < -0.3 is 15.0 Å². The number of nitrogens with one attached hydrogen (secondary N) is 1. The van der Waals surface area contributed by atoms with Gasteiger partial charge in [-0.2, -0.15) is 0 Å². The molecule has 0 amide bonds. The van der Waals surface area contributed by atoms with Crippen molar-refractivity contribution >= 4 is 5.97 Å². The minimum absolute atomic E-state index is 0.173. The third-order valence-corrected chi connectivity index (χ3v) is 4.55. The molecule has 3 unspecified atom stereocenters. The lowest BCUT2D eigenvalue weighted by atomic mass is 9.92. The number of methoxy groups -OCH3 is 1. The summed E-state index contributed by atoms with van der Waals surface area (Å²) in [7, 11) is 3.62. The van der Waals surface area contributed by atoms with E-state index in [-0.39, 0.29) is 5.97 Å². The number of likely N-dealkylation sites (N-methyl/N-ethyl adjacent to an activating group) is 1. The van der Waals surface area contributed by atoms with Crippen LogP contribution in [0.2, 0.25) is 0 Å². The first-order valence-corrected chi connectivity index (χ1v) is 7.41. The third kappa shape index (κ3) is 4.18. The Morgan fingerprint density at radius 1 is 1.47 bits per heavy atom. The highest BCUT2D eigenvalue weighted by atomic mass is 16.5. The Morgan fingerprint density at radius 2 is 2.05 bits per heavy atom. The van der Waals surface area contributed by atoms with Gasteiger partial charge in [-0.05, 0) is 59.5 Å². The van der Waals surface area contributed by atoms with Crippen LogP contribution in [0.1, 0.15) is 47.0 Å². The lowest BCUT2D eigenvalue weighted by Crippen LogP contribution is -2.54. The van der Waals surface area contributed by atoms with Crippen molar-refractivity contribution in [1.29, 1.82) is 0 Å². The Labute approximate surface area is 117 Å². The number of nitrogens with zero attached hydrogens (tertiary/aromatic N) is 1. The van der Waals surface area contributed by atoms with Crippen molar-refractivity contribution in [2.24, 2.45) is 5.92 Å². The summed E-state index contributed by atoms with van der Waals surface area (Å²) < 4.78 is 4.95. The maximum Gasteiger partial charge on any atom is 0.325 e. The van der Waals surface area contributed by atoms with Gasteiger partial charge in [-0.25, -0.2) is 0 Å². The van der Waals surface area contributed by atoms with Crippen molar-refractivity contribution < 1.29 is 9.53 Å². The largest absolute Gasteiger partial charge is 0.468 e. The van der Waals surface area contributed by atoms with Crippen LogP contribution in [0.3, 0.4) is 0 Å². The lowest BCUT2D eigenvalue weighted by Gasteiger charge is -2.37. The molecule has 0 spiro atoms. The highest BCUT2D eigenvalue weighted by Gasteiger charge is 2.38. The Bertz CT molecular complexity index is 305. The first-order chi connectivity index (χ1) is 8.85. The molecule has 1 rings (SSSR count). The van der Waals surface area contributed by atoms with Crippen LogP contribution < -0.4 is 5.32 Å². The van der Waals surface area contributed by atoms with E-state index >= 15 is 0 Å². The molecule has 112 valence electrons. The number of hydrogen-bond acceptors (Lipinski definition) is 4. The monoisotopic (exact) mass is 270 g/mol. The van der Waals surface area contributed by atoms with Gasteiger partial charge in [-0.3, -0.25) is 4.79 Å². The van der Waals surface area contributed by atoms with E-state index in [0.29, 0.717) is 12.1 Å². The fourth-order valence-electron chi connectivity index (χ4n) is 2.89. The maximum absolute atomic E-state index is 12.0. The molecule has 3 atom stereocenters. The zero-order chi connectivity index (χ0) is 14.6. The van der Waals surface area contributed by atoms with Gasteiger partial charge >= 0.3 is 5.97 Å². The van der Waals surface area contributed by atoms with Crippen LogP contribution in [0.15, 0.2) is 0 Å². The predicted molar refractivity (Wildman–Crippen MR) is 78.1 cm³/mol. The second-order valence-electron chi connectivity index (χ2n) is 6.15. The van der Waals surface area contributed by atoms with Crippen molar-refractivity contribution in [2.75, 3.05) is 20.7 Å². The lowest BCUT2D eigenvalue weighted by molar-refractivity contribution is -0.148. The normalized spacial score (nSPS) is 21.8. The van der Waals surface area contributed by atoms with E-state index in [1.54, 1.807) is 0 Å². The van der Waals surface area contributed by atoms with Gasteiger partial charge in [0.1, 0.15) is 5.54 Å². The molecule has 19 heavy (non-hydrogen) atoms. The summed E-state index contributed by atoms with van der Waals surface area (Å²) in [6.07, 6.45) is 3.46. The van der Waals surface area contributed by atoms with Crippen molar-refractivity contribution in [3.63, 3.8) is 0 Å². The Morgan fingerprint density at radius 3 is 2.47 bits per heavy atom. The second-order valence-corrected chi connectivity index (χ2v) is 6.15. The van der Waals surface area contributed by atoms with E-state index < -0.39 is 5.54 Å². The summed E-state index contributed by atoms with van der Waals surface area (Å²) >= 11 is 0. The van der Waals surface area contributed by atoms with E-state index in [0.717, 1.165) is 18.9 Å². The van der Waals surface area contributed by atoms with Crippen LogP contribution in [-0.4, -0.2) is 49.2 Å². The summed E-state index contributed by atoms with van der Waals surface area (Å²) in [6, 6.07) is 0.942. The second kappa shape index (κ2) is 6.71. The van der Waals surface area contributed by atoms with Gasteiger partial charge in [-0.15, -0.1) is 0 Å². The van der Waals surface area contributed by atoms with E-state index in [9.17, 15) is 4.79 Å². The summed E-state index contributed by atoms with van der Waals surface area (Å²) in [4.78, 5) is 14.4. The molecule has 0 radical (unpaired) electrons. The van der Waals surface area contributed by atoms with Crippen molar-refractivity contribution in [1.82, 2.24) is 10.2 Å². The SMILES string of the molecule is CCNC(C)(CC(C)N(C)C(C)C1CC1)C(=O)OC. The smallest absolute Gasteiger partial charge is 0.325 e. The average molecular weight is 270 g/mol. The Balaban J connectivity index is 2.64. The Hall–Kier alpha value is -0.610. The molecular formula is C15H30N2O2. The molecular weight excluding hydrogens is 240 g/mol.